The lowest BCUT2D eigenvalue weighted by Crippen LogP contribution is -2.16. The van der Waals surface area contributed by atoms with Crippen molar-refractivity contribution in [2.75, 3.05) is 11.8 Å². The summed E-state index contributed by atoms with van der Waals surface area (Å²) < 4.78 is 46.2. The largest absolute Gasteiger partial charge is 0.494 e. The molecule has 6 heteroatoms. The molecule has 2 rings (SSSR count). The number of hydrogen-bond donors (Lipinski definition) is 1. The van der Waals surface area contributed by atoms with Gasteiger partial charge in [0.15, 0.2) is 11.6 Å². The predicted molar refractivity (Wildman–Crippen MR) is 89.0 cm³/mol. The molecule has 0 bridgehead atoms. The third-order valence-corrected chi connectivity index (χ3v) is 4.94. The zero-order chi connectivity index (χ0) is 17.2. The van der Waals surface area contributed by atoms with Gasteiger partial charge in [0.1, 0.15) is 0 Å². The molecular formula is C17H20FNO3S. The predicted octanol–water partition coefficient (Wildman–Crippen LogP) is 4.07. The summed E-state index contributed by atoms with van der Waals surface area (Å²) in [5.74, 6) is -0.553. The summed E-state index contributed by atoms with van der Waals surface area (Å²) in [6.45, 7) is 5.83. The highest BCUT2D eigenvalue weighted by atomic mass is 32.2. The minimum atomic E-state index is -3.84. The number of nitrogens with one attached hydrogen (secondary N) is 1. The van der Waals surface area contributed by atoms with E-state index in [-0.39, 0.29) is 16.6 Å². The Kier molecular flexibility index (Phi) is 4.94. The summed E-state index contributed by atoms with van der Waals surface area (Å²) >= 11 is 0. The van der Waals surface area contributed by atoms with Crippen LogP contribution >= 0.6 is 0 Å². The Morgan fingerprint density at radius 3 is 2.48 bits per heavy atom. The van der Waals surface area contributed by atoms with E-state index < -0.39 is 15.8 Å². The summed E-state index contributed by atoms with van der Waals surface area (Å²) in [4.78, 5) is -0.0475. The lowest BCUT2D eigenvalue weighted by Gasteiger charge is -2.17. The lowest BCUT2D eigenvalue weighted by molar-refractivity contribution is 0.385. The maximum atomic E-state index is 13.5. The van der Waals surface area contributed by atoms with Gasteiger partial charge in [0.2, 0.25) is 0 Å². The molecule has 0 amide bonds. The minimum Gasteiger partial charge on any atom is -0.494 e. The number of aryl methyl sites for hydroxylation is 1. The lowest BCUT2D eigenvalue weighted by atomic mass is 9.99. The molecule has 4 nitrogen and oxygen atoms in total. The second-order valence-electron chi connectivity index (χ2n) is 5.60. The molecule has 0 saturated carbocycles. The van der Waals surface area contributed by atoms with Crippen LogP contribution in [0.2, 0.25) is 0 Å². The van der Waals surface area contributed by atoms with Crippen molar-refractivity contribution in [3.05, 3.63) is 53.3 Å². The van der Waals surface area contributed by atoms with Gasteiger partial charge in [-0.15, -0.1) is 0 Å². The highest BCUT2D eigenvalue weighted by Crippen LogP contribution is 2.30. The fourth-order valence-corrected chi connectivity index (χ4v) is 3.49. The van der Waals surface area contributed by atoms with Gasteiger partial charge in [0.25, 0.3) is 10.0 Å². The van der Waals surface area contributed by atoms with Crippen molar-refractivity contribution in [1.82, 2.24) is 0 Å². The highest BCUT2D eigenvalue weighted by molar-refractivity contribution is 7.92. The highest BCUT2D eigenvalue weighted by Gasteiger charge is 2.20. The monoisotopic (exact) mass is 337 g/mol. The van der Waals surface area contributed by atoms with E-state index in [1.165, 1.54) is 19.2 Å². The Bertz CT molecular complexity index is 817. The molecule has 0 aliphatic rings. The van der Waals surface area contributed by atoms with Crippen LogP contribution in [0.4, 0.5) is 10.1 Å². The molecule has 0 spiro atoms. The first-order valence-electron chi connectivity index (χ1n) is 7.22. The number of sulfonamides is 1. The van der Waals surface area contributed by atoms with E-state index in [1.807, 2.05) is 39.0 Å². The molecule has 0 aromatic heterocycles. The van der Waals surface area contributed by atoms with Gasteiger partial charge >= 0.3 is 0 Å². The smallest absolute Gasteiger partial charge is 0.262 e. The van der Waals surface area contributed by atoms with Gasteiger partial charge < -0.3 is 4.74 Å². The number of anilines is 1. The Labute approximate surface area is 136 Å². The standard InChI is InChI=1S/C17H20FNO3S/c1-11(2)14-7-5-6-12(3)17(14)19-23(20,21)13-8-9-15(18)16(10-13)22-4/h5-11,19H,1-4H3. The molecule has 0 saturated heterocycles. The van der Waals surface area contributed by atoms with Crippen LogP contribution in [0.15, 0.2) is 41.3 Å². The molecule has 124 valence electrons. The van der Waals surface area contributed by atoms with Crippen LogP contribution in [0.25, 0.3) is 0 Å². The summed E-state index contributed by atoms with van der Waals surface area (Å²) in [5.41, 5.74) is 2.29. The van der Waals surface area contributed by atoms with Gasteiger partial charge in [-0.05, 0) is 36.1 Å². The van der Waals surface area contributed by atoms with E-state index in [9.17, 15) is 12.8 Å². The van der Waals surface area contributed by atoms with E-state index >= 15 is 0 Å². The zero-order valence-corrected chi connectivity index (χ0v) is 14.4. The molecule has 0 atom stereocenters. The molecule has 2 aromatic rings. The van der Waals surface area contributed by atoms with Gasteiger partial charge in [0, 0.05) is 6.07 Å². The normalized spacial score (nSPS) is 11.6. The number of ether oxygens (including phenoxy) is 1. The Morgan fingerprint density at radius 2 is 1.87 bits per heavy atom. The van der Waals surface area contributed by atoms with Crippen LogP contribution in [0.3, 0.4) is 0 Å². The van der Waals surface area contributed by atoms with Crippen molar-refractivity contribution in [3.63, 3.8) is 0 Å². The fourth-order valence-electron chi connectivity index (χ4n) is 2.31. The van der Waals surface area contributed by atoms with Crippen LogP contribution in [-0.4, -0.2) is 15.5 Å². The maximum absolute atomic E-state index is 13.5. The molecule has 2 aromatic carbocycles. The third kappa shape index (κ3) is 3.64. The Morgan fingerprint density at radius 1 is 1.17 bits per heavy atom. The van der Waals surface area contributed by atoms with Gasteiger partial charge in [-0.2, -0.15) is 0 Å². The second kappa shape index (κ2) is 6.58. The minimum absolute atomic E-state index is 0.0475. The van der Waals surface area contributed by atoms with E-state index in [0.29, 0.717) is 5.69 Å². The number of rotatable bonds is 5. The van der Waals surface area contributed by atoms with Gasteiger partial charge in [-0.1, -0.05) is 32.0 Å². The number of benzene rings is 2. The van der Waals surface area contributed by atoms with Crippen LogP contribution in [0.5, 0.6) is 5.75 Å². The van der Waals surface area contributed by atoms with Crippen LogP contribution in [0, 0.1) is 12.7 Å². The molecule has 0 heterocycles. The summed E-state index contributed by atoms with van der Waals surface area (Å²) in [5, 5.41) is 0. The van der Waals surface area contributed by atoms with Crippen molar-refractivity contribution in [2.45, 2.75) is 31.6 Å². The quantitative estimate of drug-likeness (QED) is 0.895. The van der Waals surface area contributed by atoms with Crippen LogP contribution in [-0.2, 0) is 10.0 Å². The summed E-state index contributed by atoms with van der Waals surface area (Å²) in [7, 11) is -2.55. The first kappa shape index (κ1) is 17.3. The maximum Gasteiger partial charge on any atom is 0.262 e. The number of hydrogen-bond acceptors (Lipinski definition) is 3. The molecule has 0 unspecified atom stereocenters. The van der Waals surface area contributed by atoms with Crippen molar-refractivity contribution in [3.8, 4) is 5.75 Å². The van der Waals surface area contributed by atoms with E-state index in [0.717, 1.165) is 17.2 Å². The fraction of sp³-hybridized carbons (Fsp3) is 0.294. The Balaban J connectivity index is 2.47. The molecule has 23 heavy (non-hydrogen) atoms. The van der Waals surface area contributed by atoms with Gasteiger partial charge in [0.05, 0.1) is 17.7 Å². The van der Waals surface area contributed by atoms with Crippen molar-refractivity contribution >= 4 is 15.7 Å². The van der Waals surface area contributed by atoms with Gasteiger partial charge in [-0.3, -0.25) is 4.72 Å². The number of methoxy groups -OCH3 is 1. The SMILES string of the molecule is COc1cc(S(=O)(=O)Nc2c(C)cccc2C(C)C)ccc1F. The Hall–Kier alpha value is -2.08. The molecule has 0 aliphatic carbocycles. The molecule has 0 radical (unpaired) electrons. The van der Waals surface area contributed by atoms with E-state index in [2.05, 4.69) is 4.72 Å². The average Bonchev–Trinajstić information content (AvgIpc) is 2.49. The third-order valence-electron chi connectivity index (χ3n) is 3.60. The van der Waals surface area contributed by atoms with Crippen molar-refractivity contribution in [1.29, 1.82) is 0 Å². The number of para-hydroxylation sites is 1. The molecule has 0 aliphatic heterocycles. The van der Waals surface area contributed by atoms with Crippen LogP contribution < -0.4 is 9.46 Å². The summed E-state index contributed by atoms with van der Waals surface area (Å²) in [6.07, 6.45) is 0. The first-order chi connectivity index (χ1) is 10.8. The number of halogens is 1. The second-order valence-corrected chi connectivity index (χ2v) is 7.28. The van der Waals surface area contributed by atoms with Crippen LogP contribution in [0.1, 0.15) is 30.9 Å². The topological polar surface area (TPSA) is 55.4 Å². The summed E-state index contributed by atoms with van der Waals surface area (Å²) in [6, 6.07) is 9.09. The van der Waals surface area contributed by atoms with Gasteiger partial charge in [-0.25, -0.2) is 12.8 Å². The van der Waals surface area contributed by atoms with Crippen molar-refractivity contribution < 1.29 is 17.5 Å². The zero-order valence-electron chi connectivity index (χ0n) is 13.6. The molecular weight excluding hydrogens is 317 g/mol. The average molecular weight is 337 g/mol. The molecule has 1 N–H and O–H groups in total. The molecule has 0 fully saturated rings. The van der Waals surface area contributed by atoms with Crippen molar-refractivity contribution in [2.24, 2.45) is 0 Å². The van der Waals surface area contributed by atoms with E-state index in [1.54, 1.807) is 0 Å². The first-order valence-corrected chi connectivity index (χ1v) is 8.70. The van der Waals surface area contributed by atoms with E-state index in [4.69, 9.17) is 4.74 Å².